The van der Waals surface area contributed by atoms with Crippen molar-refractivity contribution in [2.24, 2.45) is 0 Å². The van der Waals surface area contributed by atoms with Gasteiger partial charge in [0.2, 0.25) is 5.95 Å². The molecule has 0 saturated carbocycles. The minimum atomic E-state index is 0.399. The zero-order chi connectivity index (χ0) is 16.5. The molecule has 1 unspecified atom stereocenters. The molecular weight excluding hydrogens is 300 g/mol. The van der Waals surface area contributed by atoms with E-state index in [-0.39, 0.29) is 0 Å². The molecule has 1 atom stereocenters. The van der Waals surface area contributed by atoms with Gasteiger partial charge >= 0.3 is 0 Å². The highest BCUT2D eigenvalue weighted by atomic mass is 15.2. The van der Waals surface area contributed by atoms with E-state index in [0.717, 1.165) is 38.2 Å². The van der Waals surface area contributed by atoms with Gasteiger partial charge in [-0.15, -0.1) is 0 Å². The monoisotopic (exact) mass is 324 g/mol. The molecule has 0 spiro atoms. The van der Waals surface area contributed by atoms with E-state index >= 15 is 0 Å². The minimum absolute atomic E-state index is 0.399. The molecule has 6 nitrogen and oxygen atoms in total. The van der Waals surface area contributed by atoms with Gasteiger partial charge in [-0.25, -0.2) is 4.98 Å². The maximum atomic E-state index is 5.80. The Bertz CT molecular complexity index is 699. The number of nitrogens with one attached hydrogen (secondary N) is 2. The van der Waals surface area contributed by atoms with Crippen LogP contribution >= 0.6 is 0 Å². The van der Waals surface area contributed by atoms with Gasteiger partial charge in [-0.3, -0.25) is 0 Å². The summed E-state index contributed by atoms with van der Waals surface area (Å²) in [5.74, 6) is 1.17. The van der Waals surface area contributed by atoms with Crippen molar-refractivity contribution in [2.75, 3.05) is 35.6 Å². The fourth-order valence-electron chi connectivity index (χ4n) is 3.35. The van der Waals surface area contributed by atoms with Gasteiger partial charge in [0.15, 0.2) is 0 Å². The van der Waals surface area contributed by atoms with Gasteiger partial charge in [0.05, 0.1) is 0 Å². The number of rotatable bonds is 4. The van der Waals surface area contributed by atoms with Crippen LogP contribution in [0.5, 0.6) is 0 Å². The minimum Gasteiger partial charge on any atom is -0.384 e. The number of hydrogen-bond acceptors (Lipinski definition) is 6. The lowest BCUT2D eigenvalue weighted by Gasteiger charge is -2.34. The highest BCUT2D eigenvalue weighted by Crippen LogP contribution is 2.27. The Balaban J connectivity index is 1.37. The first-order chi connectivity index (χ1) is 11.7. The summed E-state index contributed by atoms with van der Waals surface area (Å²) in [5, 5.41) is 6.81. The van der Waals surface area contributed by atoms with Gasteiger partial charge in [0.1, 0.15) is 5.82 Å². The zero-order valence-corrected chi connectivity index (χ0v) is 14.0. The molecule has 2 aromatic rings. The van der Waals surface area contributed by atoms with Gasteiger partial charge in [0.25, 0.3) is 0 Å². The summed E-state index contributed by atoms with van der Waals surface area (Å²) in [7, 11) is 0. The third-order valence-corrected chi connectivity index (χ3v) is 4.75. The third kappa shape index (κ3) is 3.43. The van der Waals surface area contributed by atoms with Crippen LogP contribution in [0.4, 0.5) is 17.5 Å². The molecule has 0 aliphatic carbocycles. The van der Waals surface area contributed by atoms with E-state index in [1.807, 2.05) is 6.92 Å². The molecule has 3 heterocycles. The first kappa shape index (κ1) is 15.2. The smallest absolute Gasteiger partial charge is 0.225 e. The van der Waals surface area contributed by atoms with Crippen LogP contribution in [-0.4, -0.2) is 35.6 Å². The lowest BCUT2D eigenvalue weighted by molar-refractivity contribution is 0.524. The van der Waals surface area contributed by atoms with Crippen LogP contribution in [0.3, 0.4) is 0 Å². The summed E-state index contributed by atoms with van der Waals surface area (Å²) < 4.78 is 0. The standard InChI is InChI=1S/C18H24N6/c1-12-9-17(19)23-18(21-12)22-14-5-7-24(8-6-14)15-4-2-3-13(10-15)16-11-20-16/h2-4,9-10,14,16,20H,5-8,11H2,1H3,(H3,19,21,22,23). The number of hydrogen-bond donors (Lipinski definition) is 3. The Morgan fingerprint density at radius 3 is 2.71 bits per heavy atom. The number of aromatic nitrogens is 2. The molecule has 2 aliphatic heterocycles. The summed E-state index contributed by atoms with van der Waals surface area (Å²) in [6.07, 6.45) is 2.15. The summed E-state index contributed by atoms with van der Waals surface area (Å²) in [6.45, 7) is 5.13. The van der Waals surface area contributed by atoms with Crippen molar-refractivity contribution in [2.45, 2.75) is 31.8 Å². The first-order valence-corrected chi connectivity index (χ1v) is 8.63. The topological polar surface area (TPSA) is 89.0 Å². The number of aryl methyl sites for hydroxylation is 1. The van der Waals surface area contributed by atoms with Crippen LogP contribution in [-0.2, 0) is 0 Å². The van der Waals surface area contributed by atoms with Gasteiger partial charge < -0.3 is 21.3 Å². The van der Waals surface area contributed by atoms with Crippen LogP contribution in [0.1, 0.15) is 30.1 Å². The van der Waals surface area contributed by atoms with Crippen LogP contribution in [0, 0.1) is 6.92 Å². The highest BCUT2D eigenvalue weighted by Gasteiger charge is 2.24. The molecule has 2 saturated heterocycles. The molecule has 4 N–H and O–H groups in total. The Kier molecular flexibility index (Phi) is 3.98. The van der Waals surface area contributed by atoms with Gasteiger partial charge in [-0.1, -0.05) is 12.1 Å². The summed E-state index contributed by atoms with van der Waals surface area (Å²) in [6, 6.07) is 11.7. The van der Waals surface area contributed by atoms with Crippen molar-refractivity contribution in [3.63, 3.8) is 0 Å². The highest BCUT2D eigenvalue weighted by molar-refractivity contribution is 5.50. The summed E-state index contributed by atoms with van der Waals surface area (Å²) >= 11 is 0. The summed E-state index contributed by atoms with van der Waals surface area (Å²) in [4.78, 5) is 11.2. The van der Waals surface area contributed by atoms with Crippen molar-refractivity contribution in [3.05, 3.63) is 41.6 Å². The second-order valence-electron chi connectivity index (χ2n) is 6.72. The lowest BCUT2D eigenvalue weighted by Crippen LogP contribution is -2.39. The zero-order valence-electron chi connectivity index (χ0n) is 14.0. The molecule has 0 radical (unpaired) electrons. The fraction of sp³-hybridized carbons (Fsp3) is 0.444. The predicted octanol–water partition coefficient (Wildman–Crippen LogP) is 2.09. The number of anilines is 3. The van der Waals surface area contributed by atoms with E-state index in [1.54, 1.807) is 6.07 Å². The molecular formula is C18H24N6. The number of benzene rings is 1. The molecule has 6 heteroatoms. The van der Waals surface area contributed by atoms with Crippen molar-refractivity contribution >= 4 is 17.5 Å². The van der Waals surface area contributed by atoms with Crippen molar-refractivity contribution in [1.29, 1.82) is 0 Å². The fourth-order valence-corrected chi connectivity index (χ4v) is 3.35. The molecule has 2 aliphatic rings. The third-order valence-electron chi connectivity index (χ3n) is 4.75. The van der Waals surface area contributed by atoms with Gasteiger partial charge in [-0.2, -0.15) is 4.98 Å². The summed E-state index contributed by atoms with van der Waals surface area (Å²) in [5.41, 5.74) is 9.43. The Labute approximate surface area is 142 Å². The molecule has 2 fully saturated rings. The van der Waals surface area contributed by atoms with E-state index in [0.29, 0.717) is 23.8 Å². The Hall–Kier alpha value is -2.34. The number of piperidine rings is 1. The normalized spacial score (nSPS) is 20.9. The van der Waals surface area contributed by atoms with Crippen molar-refractivity contribution in [3.8, 4) is 0 Å². The lowest BCUT2D eigenvalue weighted by atomic mass is 10.0. The first-order valence-electron chi connectivity index (χ1n) is 8.63. The SMILES string of the molecule is Cc1cc(N)nc(NC2CCN(c3cccc(C4CN4)c3)CC2)n1. The number of nitrogens with two attached hydrogens (primary N) is 1. The largest absolute Gasteiger partial charge is 0.384 e. The molecule has 0 bridgehead atoms. The van der Waals surface area contributed by atoms with E-state index in [4.69, 9.17) is 5.73 Å². The van der Waals surface area contributed by atoms with Crippen molar-refractivity contribution < 1.29 is 0 Å². The second kappa shape index (κ2) is 6.28. The average molecular weight is 324 g/mol. The van der Waals surface area contributed by atoms with E-state index in [2.05, 4.69) is 49.8 Å². The molecule has 24 heavy (non-hydrogen) atoms. The van der Waals surface area contributed by atoms with E-state index < -0.39 is 0 Å². The maximum Gasteiger partial charge on any atom is 0.225 e. The Morgan fingerprint density at radius 2 is 2.00 bits per heavy atom. The molecule has 4 rings (SSSR count). The van der Waals surface area contributed by atoms with Crippen LogP contribution in [0.25, 0.3) is 0 Å². The van der Waals surface area contributed by atoms with Crippen LogP contribution in [0.2, 0.25) is 0 Å². The molecule has 0 amide bonds. The van der Waals surface area contributed by atoms with Crippen molar-refractivity contribution in [1.82, 2.24) is 15.3 Å². The van der Waals surface area contributed by atoms with Crippen LogP contribution in [0.15, 0.2) is 30.3 Å². The van der Waals surface area contributed by atoms with E-state index in [9.17, 15) is 0 Å². The quantitative estimate of drug-likeness (QED) is 0.746. The predicted molar refractivity (Wildman–Crippen MR) is 97.2 cm³/mol. The van der Waals surface area contributed by atoms with Gasteiger partial charge in [-0.05, 0) is 37.5 Å². The van der Waals surface area contributed by atoms with Crippen LogP contribution < -0.4 is 21.3 Å². The number of nitrogen functional groups attached to an aromatic ring is 1. The average Bonchev–Trinajstić information content (AvgIpc) is 3.40. The van der Waals surface area contributed by atoms with Gasteiger partial charge in [0, 0.05) is 49.2 Å². The number of nitrogens with zero attached hydrogens (tertiary/aromatic N) is 3. The molecule has 1 aromatic heterocycles. The molecule has 126 valence electrons. The maximum absolute atomic E-state index is 5.80. The second-order valence-corrected chi connectivity index (χ2v) is 6.72. The van der Waals surface area contributed by atoms with E-state index in [1.165, 1.54) is 11.3 Å². The Morgan fingerprint density at radius 1 is 1.21 bits per heavy atom. The molecule has 1 aromatic carbocycles.